The van der Waals surface area contributed by atoms with Crippen molar-refractivity contribution in [1.29, 1.82) is 0 Å². The van der Waals surface area contributed by atoms with Crippen LogP contribution in [0.3, 0.4) is 0 Å². The fourth-order valence-corrected chi connectivity index (χ4v) is 2.83. The summed E-state index contributed by atoms with van der Waals surface area (Å²) >= 11 is 3.44. The fraction of sp³-hybridized carbons (Fsp3) is 0.176. The molecule has 23 heavy (non-hydrogen) atoms. The topological polar surface area (TPSA) is 57.4 Å². The first-order valence-corrected chi connectivity index (χ1v) is 8.04. The average molecular weight is 373 g/mol. The van der Waals surface area contributed by atoms with Crippen LogP contribution in [0.25, 0.3) is 11.5 Å². The van der Waals surface area contributed by atoms with Crippen molar-refractivity contribution in [1.82, 2.24) is 10.2 Å². The van der Waals surface area contributed by atoms with Crippen LogP contribution >= 0.6 is 15.9 Å². The minimum absolute atomic E-state index is 0.513. The van der Waals surface area contributed by atoms with Gasteiger partial charge in [0.2, 0.25) is 11.8 Å². The number of hydrogen-bond acceptors (Lipinski definition) is 5. The van der Waals surface area contributed by atoms with E-state index in [4.69, 9.17) is 13.9 Å². The molecule has 0 saturated heterocycles. The molecular weight excluding hydrogens is 360 g/mol. The smallest absolute Gasteiger partial charge is 0.247 e. The summed E-state index contributed by atoms with van der Waals surface area (Å²) in [4.78, 5) is 0. The van der Waals surface area contributed by atoms with Gasteiger partial charge in [-0.15, -0.1) is 10.2 Å². The number of halogens is 1. The Bertz CT molecular complexity index is 847. The molecule has 116 valence electrons. The Morgan fingerprint density at radius 1 is 0.957 bits per heavy atom. The van der Waals surface area contributed by atoms with Gasteiger partial charge in [0.1, 0.15) is 13.2 Å². The van der Waals surface area contributed by atoms with Crippen LogP contribution in [0.4, 0.5) is 0 Å². The minimum Gasteiger partial charge on any atom is -0.486 e. The van der Waals surface area contributed by atoms with Crippen molar-refractivity contribution in [3.05, 3.63) is 58.4 Å². The molecule has 0 saturated carbocycles. The second kappa shape index (κ2) is 6.04. The lowest BCUT2D eigenvalue weighted by Crippen LogP contribution is -2.15. The van der Waals surface area contributed by atoms with Crippen molar-refractivity contribution in [2.75, 3.05) is 13.2 Å². The average Bonchev–Trinajstić information content (AvgIpc) is 3.03. The van der Waals surface area contributed by atoms with Crippen molar-refractivity contribution < 1.29 is 13.9 Å². The van der Waals surface area contributed by atoms with E-state index in [9.17, 15) is 0 Å². The van der Waals surface area contributed by atoms with Crippen molar-refractivity contribution in [2.45, 2.75) is 6.42 Å². The lowest BCUT2D eigenvalue weighted by atomic mass is 10.1. The molecule has 0 amide bonds. The minimum atomic E-state index is 0.513. The van der Waals surface area contributed by atoms with Crippen LogP contribution in [-0.2, 0) is 6.42 Å². The third-order valence-corrected chi connectivity index (χ3v) is 3.99. The van der Waals surface area contributed by atoms with Crippen LogP contribution in [0.5, 0.6) is 11.5 Å². The summed E-state index contributed by atoms with van der Waals surface area (Å²) in [5.74, 6) is 2.62. The molecule has 5 nitrogen and oxygen atoms in total. The van der Waals surface area contributed by atoms with E-state index in [-0.39, 0.29) is 0 Å². The van der Waals surface area contributed by atoms with E-state index >= 15 is 0 Å². The maximum Gasteiger partial charge on any atom is 0.247 e. The van der Waals surface area contributed by atoms with E-state index in [1.54, 1.807) is 0 Å². The molecule has 1 aromatic heterocycles. The zero-order valence-corrected chi connectivity index (χ0v) is 13.7. The van der Waals surface area contributed by atoms with Gasteiger partial charge in [0.15, 0.2) is 11.5 Å². The Kier molecular flexibility index (Phi) is 3.75. The van der Waals surface area contributed by atoms with Gasteiger partial charge in [-0.3, -0.25) is 0 Å². The summed E-state index contributed by atoms with van der Waals surface area (Å²) in [6.07, 6.45) is 0.553. The number of aromatic nitrogens is 2. The van der Waals surface area contributed by atoms with E-state index in [0.717, 1.165) is 27.1 Å². The Morgan fingerprint density at radius 3 is 2.70 bits per heavy atom. The first-order chi connectivity index (χ1) is 11.3. The molecule has 0 aliphatic carbocycles. The van der Waals surface area contributed by atoms with Crippen LogP contribution in [0.15, 0.2) is 51.4 Å². The molecular formula is C17H13BrN2O3. The van der Waals surface area contributed by atoms with E-state index < -0.39 is 0 Å². The third kappa shape index (κ3) is 3.07. The van der Waals surface area contributed by atoms with Crippen LogP contribution in [-0.4, -0.2) is 23.4 Å². The lowest BCUT2D eigenvalue weighted by Gasteiger charge is -2.18. The molecule has 2 heterocycles. The van der Waals surface area contributed by atoms with Crippen molar-refractivity contribution in [3.63, 3.8) is 0 Å². The number of rotatable bonds is 3. The lowest BCUT2D eigenvalue weighted by molar-refractivity contribution is 0.171. The van der Waals surface area contributed by atoms with Gasteiger partial charge in [0, 0.05) is 10.0 Å². The summed E-state index contributed by atoms with van der Waals surface area (Å²) in [6.45, 7) is 1.16. The normalized spacial score (nSPS) is 13.1. The highest BCUT2D eigenvalue weighted by Gasteiger charge is 2.14. The Labute approximate surface area is 141 Å². The Balaban J connectivity index is 1.56. The molecule has 0 bridgehead atoms. The highest BCUT2D eigenvalue weighted by Crippen LogP contribution is 2.31. The monoisotopic (exact) mass is 372 g/mol. The SMILES string of the molecule is Brc1cccc(-c2nnc(Cc3ccc4c(c3)OCCO4)o2)c1. The molecule has 0 radical (unpaired) electrons. The number of benzene rings is 2. The standard InChI is InChI=1S/C17H13BrN2O3/c18-13-3-1-2-12(10-13)17-20-19-16(23-17)9-11-4-5-14-15(8-11)22-7-6-21-14/h1-5,8,10H,6-7,9H2. The van der Waals surface area contributed by atoms with Crippen LogP contribution in [0.1, 0.15) is 11.5 Å². The molecule has 6 heteroatoms. The van der Waals surface area contributed by atoms with Gasteiger partial charge in [-0.25, -0.2) is 0 Å². The van der Waals surface area contributed by atoms with Crippen LogP contribution in [0.2, 0.25) is 0 Å². The molecule has 1 aliphatic rings. The first kappa shape index (κ1) is 14.3. The Morgan fingerprint density at radius 2 is 1.83 bits per heavy atom. The van der Waals surface area contributed by atoms with Gasteiger partial charge in [-0.1, -0.05) is 28.1 Å². The van der Waals surface area contributed by atoms with Gasteiger partial charge < -0.3 is 13.9 Å². The molecule has 2 aromatic carbocycles. The maximum absolute atomic E-state index is 5.76. The summed E-state index contributed by atoms with van der Waals surface area (Å²) in [7, 11) is 0. The second-order valence-electron chi connectivity index (χ2n) is 5.17. The summed E-state index contributed by atoms with van der Waals surface area (Å²) < 4.78 is 17.8. The predicted octanol–water partition coefficient (Wildman–Crippen LogP) is 3.86. The second-order valence-corrected chi connectivity index (χ2v) is 6.08. The number of nitrogens with zero attached hydrogens (tertiary/aromatic N) is 2. The number of ether oxygens (including phenoxy) is 2. The maximum atomic E-state index is 5.76. The summed E-state index contributed by atoms with van der Waals surface area (Å²) in [5.41, 5.74) is 1.93. The van der Waals surface area contributed by atoms with E-state index in [0.29, 0.717) is 31.4 Å². The largest absolute Gasteiger partial charge is 0.486 e. The van der Waals surface area contributed by atoms with E-state index in [1.165, 1.54) is 0 Å². The van der Waals surface area contributed by atoms with Gasteiger partial charge in [0.05, 0.1) is 6.42 Å². The Hall–Kier alpha value is -2.34. The number of hydrogen-bond donors (Lipinski definition) is 0. The first-order valence-electron chi connectivity index (χ1n) is 7.25. The van der Waals surface area contributed by atoms with Gasteiger partial charge in [-0.05, 0) is 35.9 Å². The molecule has 0 unspecified atom stereocenters. The van der Waals surface area contributed by atoms with Gasteiger partial charge in [-0.2, -0.15) is 0 Å². The molecule has 1 aliphatic heterocycles. The molecule has 3 aromatic rings. The van der Waals surface area contributed by atoms with Gasteiger partial charge in [0.25, 0.3) is 0 Å². The highest BCUT2D eigenvalue weighted by molar-refractivity contribution is 9.10. The number of fused-ring (bicyclic) bond motifs is 1. The molecule has 0 spiro atoms. The summed E-state index contributed by atoms with van der Waals surface area (Å²) in [6, 6.07) is 13.6. The zero-order chi connectivity index (χ0) is 15.6. The van der Waals surface area contributed by atoms with Crippen molar-refractivity contribution >= 4 is 15.9 Å². The van der Waals surface area contributed by atoms with Crippen molar-refractivity contribution in [3.8, 4) is 23.0 Å². The molecule has 0 N–H and O–H groups in total. The van der Waals surface area contributed by atoms with Crippen LogP contribution in [0, 0.1) is 0 Å². The van der Waals surface area contributed by atoms with E-state index in [1.807, 2.05) is 42.5 Å². The third-order valence-electron chi connectivity index (χ3n) is 3.50. The van der Waals surface area contributed by atoms with Crippen LogP contribution < -0.4 is 9.47 Å². The van der Waals surface area contributed by atoms with Gasteiger partial charge >= 0.3 is 0 Å². The molecule has 0 atom stereocenters. The summed E-state index contributed by atoms with van der Waals surface area (Å²) in [5, 5.41) is 8.24. The zero-order valence-electron chi connectivity index (χ0n) is 12.2. The fourth-order valence-electron chi connectivity index (χ4n) is 2.44. The molecule has 0 fully saturated rings. The predicted molar refractivity (Wildman–Crippen MR) is 87.7 cm³/mol. The van der Waals surface area contributed by atoms with E-state index in [2.05, 4.69) is 26.1 Å². The van der Waals surface area contributed by atoms with Crippen molar-refractivity contribution in [2.24, 2.45) is 0 Å². The quantitative estimate of drug-likeness (QED) is 0.698. The highest BCUT2D eigenvalue weighted by atomic mass is 79.9. The molecule has 4 rings (SSSR count).